The highest BCUT2D eigenvalue weighted by molar-refractivity contribution is 5.96. The normalized spacial score (nSPS) is 17.8. The van der Waals surface area contributed by atoms with Crippen molar-refractivity contribution < 1.29 is 9.59 Å². The Labute approximate surface area is 96.4 Å². The predicted octanol–water partition coefficient (Wildman–Crippen LogP) is 0.609. The molecule has 1 saturated carbocycles. The van der Waals surface area contributed by atoms with Crippen LogP contribution in [0.1, 0.15) is 33.6 Å². The molecule has 1 aliphatic rings. The van der Waals surface area contributed by atoms with Crippen molar-refractivity contribution in [3.63, 3.8) is 0 Å². The number of hydrogen-bond acceptors (Lipinski definition) is 3. The van der Waals surface area contributed by atoms with Gasteiger partial charge in [-0.15, -0.1) is 0 Å². The van der Waals surface area contributed by atoms with Gasteiger partial charge in [-0.1, -0.05) is 0 Å². The van der Waals surface area contributed by atoms with E-state index in [1.165, 1.54) is 19.9 Å². The molecule has 5 nitrogen and oxygen atoms in total. The monoisotopic (exact) mass is 227 g/mol. The van der Waals surface area contributed by atoms with Crippen LogP contribution in [0.3, 0.4) is 0 Å². The van der Waals surface area contributed by atoms with Gasteiger partial charge < -0.3 is 10.6 Å². The zero-order chi connectivity index (χ0) is 12.3. The zero-order valence-corrected chi connectivity index (χ0v) is 10.4. The number of nitrogens with one attached hydrogen (secondary N) is 3. The van der Waals surface area contributed by atoms with E-state index in [1.54, 1.807) is 6.92 Å². The van der Waals surface area contributed by atoms with E-state index in [2.05, 4.69) is 29.8 Å². The molecule has 1 atom stereocenters. The molecule has 0 bridgehead atoms. The van der Waals surface area contributed by atoms with E-state index >= 15 is 0 Å². The quantitative estimate of drug-likeness (QED) is 0.659. The summed E-state index contributed by atoms with van der Waals surface area (Å²) in [4.78, 5) is 22.6. The van der Waals surface area contributed by atoms with E-state index in [0.717, 1.165) is 0 Å². The molecule has 92 valence electrons. The second kappa shape index (κ2) is 4.82. The Bertz CT molecular complexity index is 285. The van der Waals surface area contributed by atoms with Crippen molar-refractivity contribution in [3.8, 4) is 0 Å². The number of carbonyl (C=O) groups excluding carboxylic acids is 2. The minimum absolute atomic E-state index is 0.0422. The average Bonchev–Trinajstić information content (AvgIpc) is 2.99. The molecule has 1 aliphatic carbocycles. The first-order valence-corrected chi connectivity index (χ1v) is 5.67. The molecule has 1 rings (SSSR count). The molecule has 1 fully saturated rings. The molecule has 1 unspecified atom stereocenters. The summed E-state index contributed by atoms with van der Waals surface area (Å²) in [6.07, 6.45) is 2.42. The Balaban J connectivity index is 2.41. The fourth-order valence-electron chi connectivity index (χ4n) is 1.83. The van der Waals surface area contributed by atoms with E-state index in [9.17, 15) is 9.59 Å². The Morgan fingerprint density at radius 2 is 1.88 bits per heavy atom. The highest BCUT2D eigenvalue weighted by atomic mass is 16.2. The molecule has 5 heteroatoms. The third kappa shape index (κ3) is 3.48. The number of rotatable bonds is 4. The lowest BCUT2D eigenvalue weighted by Gasteiger charge is -2.29. The first kappa shape index (κ1) is 13.0. The SMILES string of the molecule is CNC(=O)NC(=O)C(C)NC(C)(C)C1CC1. The minimum Gasteiger partial charge on any atom is -0.341 e. The Morgan fingerprint density at radius 1 is 1.31 bits per heavy atom. The largest absolute Gasteiger partial charge is 0.341 e. The highest BCUT2D eigenvalue weighted by Gasteiger charge is 2.39. The average molecular weight is 227 g/mol. The van der Waals surface area contributed by atoms with Crippen molar-refractivity contribution in [1.82, 2.24) is 16.0 Å². The van der Waals surface area contributed by atoms with Crippen LogP contribution in [0.25, 0.3) is 0 Å². The van der Waals surface area contributed by atoms with Gasteiger partial charge in [0.1, 0.15) is 0 Å². The summed E-state index contributed by atoms with van der Waals surface area (Å²) >= 11 is 0. The van der Waals surface area contributed by atoms with Gasteiger partial charge >= 0.3 is 6.03 Å². The second-order valence-electron chi connectivity index (χ2n) is 4.93. The van der Waals surface area contributed by atoms with Crippen LogP contribution in [-0.2, 0) is 4.79 Å². The van der Waals surface area contributed by atoms with Crippen molar-refractivity contribution >= 4 is 11.9 Å². The fraction of sp³-hybridized carbons (Fsp3) is 0.818. The van der Waals surface area contributed by atoms with Gasteiger partial charge in [-0.2, -0.15) is 0 Å². The van der Waals surface area contributed by atoms with Crippen LogP contribution in [0.4, 0.5) is 4.79 Å². The lowest BCUT2D eigenvalue weighted by molar-refractivity contribution is -0.122. The van der Waals surface area contributed by atoms with E-state index < -0.39 is 6.03 Å². The van der Waals surface area contributed by atoms with Crippen molar-refractivity contribution in [2.45, 2.75) is 45.2 Å². The molecule has 0 saturated heterocycles. The summed E-state index contributed by atoms with van der Waals surface area (Å²) in [6, 6.07) is -0.837. The molecule has 0 radical (unpaired) electrons. The summed E-state index contributed by atoms with van der Waals surface area (Å²) in [5.41, 5.74) is -0.0422. The standard InChI is InChI=1S/C11H21N3O2/c1-7(9(15)13-10(16)12-4)14-11(2,3)8-5-6-8/h7-8,14H,5-6H2,1-4H3,(H2,12,13,15,16). The number of hydrogen-bond donors (Lipinski definition) is 3. The molecule has 0 heterocycles. The Kier molecular flexibility index (Phi) is 3.91. The molecule has 0 spiro atoms. The number of urea groups is 1. The van der Waals surface area contributed by atoms with Gasteiger partial charge in [0, 0.05) is 12.6 Å². The number of carbonyl (C=O) groups is 2. The third-order valence-corrected chi connectivity index (χ3v) is 3.04. The van der Waals surface area contributed by atoms with Crippen LogP contribution < -0.4 is 16.0 Å². The highest BCUT2D eigenvalue weighted by Crippen LogP contribution is 2.39. The van der Waals surface area contributed by atoms with Crippen LogP contribution in [-0.4, -0.2) is 30.6 Å². The third-order valence-electron chi connectivity index (χ3n) is 3.04. The summed E-state index contributed by atoms with van der Waals surface area (Å²) in [6.45, 7) is 5.95. The molecule has 3 N–H and O–H groups in total. The summed E-state index contributed by atoms with van der Waals surface area (Å²) in [7, 11) is 1.48. The van der Waals surface area contributed by atoms with Crippen molar-refractivity contribution in [1.29, 1.82) is 0 Å². The van der Waals surface area contributed by atoms with Crippen molar-refractivity contribution in [2.75, 3.05) is 7.05 Å². The molecule has 0 aromatic heterocycles. The smallest absolute Gasteiger partial charge is 0.321 e. The van der Waals surface area contributed by atoms with Crippen LogP contribution in [0.15, 0.2) is 0 Å². The van der Waals surface area contributed by atoms with Gasteiger partial charge in [0.15, 0.2) is 0 Å². The van der Waals surface area contributed by atoms with E-state index in [0.29, 0.717) is 5.92 Å². The maximum absolute atomic E-state index is 11.6. The fourth-order valence-corrected chi connectivity index (χ4v) is 1.83. The topological polar surface area (TPSA) is 70.2 Å². The van der Waals surface area contributed by atoms with Crippen molar-refractivity contribution in [2.24, 2.45) is 5.92 Å². The van der Waals surface area contributed by atoms with E-state index in [4.69, 9.17) is 0 Å². The van der Waals surface area contributed by atoms with E-state index in [-0.39, 0.29) is 17.5 Å². The molecule has 0 aromatic carbocycles. The first-order chi connectivity index (χ1) is 7.36. The van der Waals surface area contributed by atoms with Gasteiger partial charge in [0.2, 0.25) is 5.91 Å². The molecule has 16 heavy (non-hydrogen) atoms. The first-order valence-electron chi connectivity index (χ1n) is 5.67. The molecule has 0 aliphatic heterocycles. The Morgan fingerprint density at radius 3 is 2.31 bits per heavy atom. The van der Waals surface area contributed by atoms with Gasteiger partial charge in [-0.25, -0.2) is 4.79 Å². The zero-order valence-electron chi connectivity index (χ0n) is 10.4. The van der Waals surface area contributed by atoms with Crippen LogP contribution in [0, 0.1) is 5.92 Å². The summed E-state index contributed by atoms with van der Waals surface area (Å²) in [5.74, 6) is 0.343. The van der Waals surface area contributed by atoms with Crippen LogP contribution in [0.5, 0.6) is 0 Å². The number of imide groups is 1. The summed E-state index contributed by atoms with van der Waals surface area (Å²) in [5, 5.41) is 7.87. The molecular weight excluding hydrogens is 206 g/mol. The molecule has 0 aromatic rings. The van der Waals surface area contributed by atoms with Gasteiger partial charge in [-0.05, 0) is 39.5 Å². The Hall–Kier alpha value is -1.10. The van der Waals surface area contributed by atoms with Crippen LogP contribution >= 0.6 is 0 Å². The minimum atomic E-state index is -0.470. The lowest BCUT2D eigenvalue weighted by atomic mass is 9.97. The summed E-state index contributed by atoms with van der Waals surface area (Å²) < 4.78 is 0. The van der Waals surface area contributed by atoms with E-state index in [1.807, 2.05) is 0 Å². The second-order valence-corrected chi connectivity index (χ2v) is 4.93. The maximum atomic E-state index is 11.6. The predicted molar refractivity (Wildman–Crippen MR) is 62.0 cm³/mol. The van der Waals surface area contributed by atoms with Gasteiger partial charge in [0.25, 0.3) is 0 Å². The molecular formula is C11H21N3O2. The van der Waals surface area contributed by atoms with Gasteiger partial charge in [-0.3, -0.25) is 10.1 Å². The van der Waals surface area contributed by atoms with Crippen molar-refractivity contribution in [3.05, 3.63) is 0 Å². The van der Waals surface area contributed by atoms with Crippen LogP contribution in [0.2, 0.25) is 0 Å². The molecule has 3 amide bonds. The maximum Gasteiger partial charge on any atom is 0.321 e. The number of amides is 3. The lowest BCUT2D eigenvalue weighted by Crippen LogP contribution is -2.54. The van der Waals surface area contributed by atoms with Gasteiger partial charge in [0.05, 0.1) is 6.04 Å².